The zero-order valence-corrected chi connectivity index (χ0v) is 14.9. The molecule has 0 aliphatic heterocycles. The Morgan fingerprint density at radius 1 is 1.20 bits per heavy atom. The van der Waals surface area contributed by atoms with Crippen molar-refractivity contribution in [2.45, 2.75) is 76.4 Å². The zero-order valence-electron chi connectivity index (χ0n) is 14.9. The first-order chi connectivity index (χ1) is 12.1. The standard InChI is InChI=1S/C21H30O4/c22-19(14-5-2-1-3-6-14)11-10-17-18-13-15(7-4-8-21(24)25)16(18)9-12-20(17)23/h7,14,16-20,22-23H,1-6,8-9,12-13H2,(H,24,25)/b15-7-. The second kappa shape index (κ2) is 8.38. The zero-order chi connectivity index (χ0) is 17.8. The first kappa shape index (κ1) is 18.5. The van der Waals surface area contributed by atoms with Crippen LogP contribution < -0.4 is 0 Å². The Morgan fingerprint density at radius 2 is 1.96 bits per heavy atom. The lowest BCUT2D eigenvalue weighted by Crippen LogP contribution is -2.44. The summed E-state index contributed by atoms with van der Waals surface area (Å²) in [5, 5.41) is 29.5. The third-order valence-corrected chi connectivity index (χ3v) is 6.37. The van der Waals surface area contributed by atoms with Crippen molar-refractivity contribution in [3.8, 4) is 11.8 Å². The smallest absolute Gasteiger partial charge is 0.303 e. The molecular formula is C21H30O4. The highest BCUT2D eigenvalue weighted by atomic mass is 16.4. The van der Waals surface area contributed by atoms with Gasteiger partial charge in [0.1, 0.15) is 6.10 Å². The molecule has 5 atom stereocenters. The summed E-state index contributed by atoms with van der Waals surface area (Å²) in [4.78, 5) is 10.6. The van der Waals surface area contributed by atoms with E-state index >= 15 is 0 Å². The van der Waals surface area contributed by atoms with Gasteiger partial charge >= 0.3 is 5.97 Å². The molecule has 0 aromatic carbocycles. The molecule has 5 unspecified atom stereocenters. The van der Waals surface area contributed by atoms with Crippen molar-refractivity contribution in [3.05, 3.63) is 11.6 Å². The molecule has 0 bridgehead atoms. The molecule has 0 spiro atoms. The summed E-state index contributed by atoms with van der Waals surface area (Å²) in [6.45, 7) is 0. The van der Waals surface area contributed by atoms with Crippen molar-refractivity contribution >= 4 is 5.97 Å². The summed E-state index contributed by atoms with van der Waals surface area (Å²) >= 11 is 0. The Kier molecular flexibility index (Phi) is 6.19. The third-order valence-electron chi connectivity index (χ3n) is 6.37. The molecule has 0 amide bonds. The lowest BCUT2D eigenvalue weighted by molar-refractivity contribution is -0.136. The average molecular weight is 346 g/mol. The van der Waals surface area contributed by atoms with Crippen LogP contribution in [0.15, 0.2) is 11.6 Å². The van der Waals surface area contributed by atoms with E-state index in [-0.39, 0.29) is 12.3 Å². The summed E-state index contributed by atoms with van der Waals surface area (Å²) in [5.74, 6) is 6.59. The van der Waals surface area contributed by atoms with Gasteiger partial charge < -0.3 is 15.3 Å². The van der Waals surface area contributed by atoms with E-state index in [2.05, 4.69) is 17.9 Å². The fourth-order valence-electron chi connectivity index (χ4n) is 4.84. The number of aliphatic carboxylic acids is 1. The molecule has 0 saturated heterocycles. The molecule has 138 valence electrons. The number of fused-ring (bicyclic) bond motifs is 1. The quantitative estimate of drug-likeness (QED) is 0.540. The van der Waals surface area contributed by atoms with E-state index in [4.69, 9.17) is 5.11 Å². The maximum Gasteiger partial charge on any atom is 0.303 e. The summed E-state index contributed by atoms with van der Waals surface area (Å²) in [7, 11) is 0. The molecule has 4 heteroatoms. The van der Waals surface area contributed by atoms with Gasteiger partial charge in [0.15, 0.2) is 0 Å². The lowest BCUT2D eigenvalue weighted by Gasteiger charge is -2.48. The molecule has 0 heterocycles. The second-order valence-electron chi connectivity index (χ2n) is 7.99. The number of hydrogen-bond donors (Lipinski definition) is 3. The van der Waals surface area contributed by atoms with Crippen LogP contribution in [0.25, 0.3) is 0 Å². The fourth-order valence-corrected chi connectivity index (χ4v) is 4.84. The molecule has 3 saturated carbocycles. The van der Waals surface area contributed by atoms with Gasteiger partial charge in [-0.2, -0.15) is 0 Å². The minimum Gasteiger partial charge on any atom is -0.481 e. The van der Waals surface area contributed by atoms with Crippen LogP contribution in [0.5, 0.6) is 0 Å². The van der Waals surface area contributed by atoms with Crippen LogP contribution in [0.1, 0.15) is 64.2 Å². The van der Waals surface area contributed by atoms with Gasteiger partial charge in [0.05, 0.1) is 12.0 Å². The number of carboxylic acids is 1. The van der Waals surface area contributed by atoms with Crippen molar-refractivity contribution in [2.24, 2.45) is 23.7 Å². The van der Waals surface area contributed by atoms with Crippen LogP contribution in [0.3, 0.4) is 0 Å². The number of carbonyl (C=O) groups is 1. The number of carboxylic acid groups (broad SMARTS) is 1. The van der Waals surface area contributed by atoms with Crippen LogP contribution in [0, 0.1) is 35.5 Å². The monoisotopic (exact) mass is 346 g/mol. The number of rotatable bonds is 4. The Morgan fingerprint density at radius 3 is 2.68 bits per heavy atom. The van der Waals surface area contributed by atoms with Gasteiger partial charge in [-0.05, 0) is 56.3 Å². The van der Waals surface area contributed by atoms with E-state index in [0.717, 1.165) is 32.1 Å². The largest absolute Gasteiger partial charge is 0.481 e. The number of aliphatic hydroxyl groups is 2. The SMILES string of the molecule is O=C(O)CC/C=C1/CC2C1CCC(O)C2C#CC(O)C1CCCCC1. The maximum atomic E-state index is 10.6. The molecule has 0 aromatic rings. The van der Waals surface area contributed by atoms with E-state index in [9.17, 15) is 15.0 Å². The summed E-state index contributed by atoms with van der Waals surface area (Å²) in [5.41, 5.74) is 1.35. The van der Waals surface area contributed by atoms with Crippen molar-refractivity contribution in [1.29, 1.82) is 0 Å². The molecule has 25 heavy (non-hydrogen) atoms. The first-order valence-electron chi connectivity index (χ1n) is 9.84. The highest BCUT2D eigenvalue weighted by Gasteiger charge is 2.46. The van der Waals surface area contributed by atoms with Crippen molar-refractivity contribution < 1.29 is 20.1 Å². The molecule has 4 nitrogen and oxygen atoms in total. The normalized spacial score (nSPS) is 35.2. The number of aliphatic hydroxyl groups excluding tert-OH is 2. The summed E-state index contributed by atoms with van der Waals surface area (Å²) < 4.78 is 0. The highest BCUT2D eigenvalue weighted by Crippen LogP contribution is 2.51. The third kappa shape index (κ3) is 4.46. The van der Waals surface area contributed by atoms with E-state index in [1.807, 2.05) is 0 Å². The van der Waals surface area contributed by atoms with Gasteiger partial charge in [-0.1, -0.05) is 42.8 Å². The van der Waals surface area contributed by atoms with E-state index in [1.165, 1.54) is 24.8 Å². The molecule has 3 aliphatic rings. The minimum absolute atomic E-state index is 0.0476. The molecule has 0 aromatic heterocycles. The number of hydrogen-bond acceptors (Lipinski definition) is 3. The van der Waals surface area contributed by atoms with Crippen molar-refractivity contribution in [3.63, 3.8) is 0 Å². The predicted octanol–water partition coefficient (Wildman–Crippen LogP) is 3.13. The van der Waals surface area contributed by atoms with Crippen molar-refractivity contribution in [2.75, 3.05) is 0 Å². The van der Waals surface area contributed by atoms with Gasteiger partial charge in [0, 0.05) is 6.42 Å². The maximum absolute atomic E-state index is 10.6. The van der Waals surface area contributed by atoms with Crippen LogP contribution in [0.4, 0.5) is 0 Å². The van der Waals surface area contributed by atoms with Crippen LogP contribution in [0.2, 0.25) is 0 Å². The topological polar surface area (TPSA) is 77.8 Å². The minimum atomic E-state index is -0.757. The Hall–Kier alpha value is -1.31. The van der Waals surface area contributed by atoms with Crippen LogP contribution >= 0.6 is 0 Å². The Labute approximate surface area is 150 Å². The first-order valence-corrected chi connectivity index (χ1v) is 9.84. The Balaban J connectivity index is 1.58. The van der Waals surface area contributed by atoms with Gasteiger partial charge in [-0.15, -0.1) is 0 Å². The summed E-state index contributed by atoms with van der Waals surface area (Å²) in [6.07, 6.45) is 10.3. The van der Waals surface area contributed by atoms with Crippen LogP contribution in [-0.4, -0.2) is 33.5 Å². The lowest BCUT2D eigenvalue weighted by atomic mass is 9.57. The fraction of sp³-hybridized carbons (Fsp3) is 0.762. The number of allylic oxidation sites excluding steroid dienone is 2. The van der Waals surface area contributed by atoms with Gasteiger partial charge in [0.2, 0.25) is 0 Å². The van der Waals surface area contributed by atoms with Crippen LogP contribution in [-0.2, 0) is 4.79 Å². The molecule has 3 aliphatic carbocycles. The van der Waals surface area contributed by atoms with Crippen molar-refractivity contribution in [1.82, 2.24) is 0 Å². The van der Waals surface area contributed by atoms with E-state index in [0.29, 0.717) is 24.2 Å². The second-order valence-corrected chi connectivity index (χ2v) is 7.99. The molecule has 3 N–H and O–H groups in total. The molecule has 0 radical (unpaired) electrons. The molecule has 3 fully saturated rings. The molecule has 3 rings (SSSR count). The van der Waals surface area contributed by atoms with Gasteiger partial charge in [-0.25, -0.2) is 0 Å². The van der Waals surface area contributed by atoms with Gasteiger partial charge in [-0.3, -0.25) is 4.79 Å². The molecular weight excluding hydrogens is 316 g/mol. The van der Waals surface area contributed by atoms with E-state index < -0.39 is 18.2 Å². The average Bonchev–Trinajstić information content (AvgIpc) is 2.59. The summed E-state index contributed by atoms with van der Waals surface area (Å²) in [6, 6.07) is 0. The highest BCUT2D eigenvalue weighted by molar-refractivity contribution is 5.66. The van der Waals surface area contributed by atoms with E-state index in [1.54, 1.807) is 0 Å². The Bertz CT molecular complexity index is 564. The predicted molar refractivity (Wildman–Crippen MR) is 95.6 cm³/mol. The van der Waals surface area contributed by atoms with Gasteiger partial charge in [0.25, 0.3) is 0 Å².